The fourth-order valence-electron chi connectivity index (χ4n) is 2.32. The lowest BCUT2D eigenvalue weighted by Crippen LogP contribution is -2.23. The van der Waals surface area contributed by atoms with Crippen molar-refractivity contribution in [2.45, 2.75) is 16.3 Å². The van der Waals surface area contributed by atoms with Crippen LogP contribution in [0.25, 0.3) is 0 Å². The minimum atomic E-state index is -1.60. The number of aromatic nitrogens is 1. The predicted octanol–water partition coefficient (Wildman–Crippen LogP) is 3.73. The van der Waals surface area contributed by atoms with Crippen molar-refractivity contribution in [3.05, 3.63) is 76.9 Å². The Labute approximate surface area is 175 Å². The van der Waals surface area contributed by atoms with Gasteiger partial charge in [-0.3, -0.25) is 4.79 Å². The van der Waals surface area contributed by atoms with Crippen molar-refractivity contribution in [3.63, 3.8) is 0 Å². The minimum Gasteiger partial charge on any atom is -0.439 e. The highest BCUT2D eigenvalue weighted by Gasteiger charge is 2.10. The first-order chi connectivity index (χ1) is 13.4. The van der Waals surface area contributed by atoms with Gasteiger partial charge in [-0.1, -0.05) is 23.7 Å². The van der Waals surface area contributed by atoms with E-state index in [9.17, 15) is 9.00 Å². The largest absolute Gasteiger partial charge is 0.439 e. The average molecular weight is 434 g/mol. The molecule has 0 aliphatic rings. The van der Waals surface area contributed by atoms with Crippen LogP contribution in [0.3, 0.4) is 0 Å². The normalized spacial score (nSPS) is 11.7. The first-order valence-electron chi connectivity index (χ1n) is 8.08. The topological polar surface area (TPSA) is 94.3 Å². The lowest BCUT2D eigenvalue weighted by molar-refractivity contribution is 0.0950. The molecule has 1 amide bonds. The van der Waals surface area contributed by atoms with E-state index in [0.717, 1.165) is 4.90 Å². The summed E-state index contributed by atoms with van der Waals surface area (Å²) in [5, 5.41) is 8.46. The Kier molecular flexibility index (Phi) is 6.69. The molecule has 1 unspecified atom stereocenters. The van der Waals surface area contributed by atoms with Gasteiger partial charge in [0.25, 0.3) is 5.91 Å². The van der Waals surface area contributed by atoms with Gasteiger partial charge in [0.15, 0.2) is 0 Å². The summed E-state index contributed by atoms with van der Waals surface area (Å²) in [4.78, 5) is 17.6. The van der Waals surface area contributed by atoms with E-state index in [4.69, 9.17) is 21.5 Å². The molecule has 28 heavy (non-hydrogen) atoms. The number of ether oxygens (including phenoxy) is 1. The Hall–Kier alpha value is -2.39. The number of benzene rings is 2. The molecule has 3 rings (SSSR count). The van der Waals surface area contributed by atoms with Gasteiger partial charge in [0.2, 0.25) is 5.88 Å². The number of rotatable bonds is 6. The van der Waals surface area contributed by atoms with Gasteiger partial charge in [-0.05, 0) is 42.0 Å². The molecule has 144 valence electrons. The predicted molar refractivity (Wildman–Crippen MR) is 111 cm³/mol. The molecule has 0 fully saturated rings. The van der Waals surface area contributed by atoms with E-state index in [-0.39, 0.29) is 12.5 Å². The third-order valence-corrected chi connectivity index (χ3v) is 5.08. The van der Waals surface area contributed by atoms with Crippen molar-refractivity contribution < 1.29 is 13.7 Å². The molecular formula is C19H16ClN3O3S2. The number of halogens is 1. The number of carbonyl (C=O) groups is 1. The highest BCUT2D eigenvalue weighted by molar-refractivity contribution is 7.82. The maximum atomic E-state index is 12.3. The van der Waals surface area contributed by atoms with Gasteiger partial charge in [0, 0.05) is 28.7 Å². The Bertz CT molecular complexity index is 1030. The number of amides is 1. The fourth-order valence-corrected chi connectivity index (χ4v) is 3.28. The maximum absolute atomic E-state index is 12.3. The van der Waals surface area contributed by atoms with Crippen molar-refractivity contribution in [1.82, 2.24) is 10.3 Å². The van der Waals surface area contributed by atoms with Crippen molar-refractivity contribution in [2.75, 3.05) is 0 Å². The number of pyridine rings is 1. The third-order valence-electron chi connectivity index (χ3n) is 3.73. The molecule has 0 aliphatic heterocycles. The molecule has 2 aromatic carbocycles. The molecule has 3 aromatic rings. The standard InChI is InChI=1S/C19H16ClN3O3S2/c20-17-9-16(28(21)25)6-4-12(17)10-23-19(24)13-5-7-18(22-11-13)26-14-2-1-3-15(27)8-14/h1-9,11,27H,10,21H2,(H,23,24). The van der Waals surface area contributed by atoms with Crippen LogP contribution >= 0.6 is 24.2 Å². The summed E-state index contributed by atoms with van der Waals surface area (Å²) in [6, 6.07) is 15.2. The molecule has 0 bridgehead atoms. The molecular weight excluding hydrogens is 418 g/mol. The van der Waals surface area contributed by atoms with Crippen LogP contribution in [0.5, 0.6) is 11.6 Å². The molecule has 6 nitrogen and oxygen atoms in total. The number of hydrogen-bond acceptors (Lipinski definition) is 5. The fraction of sp³-hybridized carbons (Fsp3) is 0.0526. The first-order valence-corrected chi connectivity index (χ1v) is 10.1. The minimum absolute atomic E-state index is 0.210. The van der Waals surface area contributed by atoms with Crippen molar-refractivity contribution in [1.29, 1.82) is 0 Å². The molecule has 1 heterocycles. The van der Waals surface area contributed by atoms with Crippen molar-refractivity contribution in [2.24, 2.45) is 5.14 Å². The Morgan fingerprint density at radius 2 is 2.04 bits per heavy atom. The van der Waals surface area contributed by atoms with Gasteiger partial charge in [0.1, 0.15) is 16.7 Å². The molecule has 0 saturated carbocycles. The zero-order chi connectivity index (χ0) is 20.1. The van der Waals surface area contributed by atoms with E-state index >= 15 is 0 Å². The number of carbonyl (C=O) groups excluding carboxylic acids is 1. The van der Waals surface area contributed by atoms with Crippen LogP contribution in [0.4, 0.5) is 0 Å². The lowest BCUT2D eigenvalue weighted by atomic mass is 10.2. The summed E-state index contributed by atoms with van der Waals surface area (Å²) in [7, 11) is -1.60. The Balaban J connectivity index is 1.61. The van der Waals surface area contributed by atoms with E-state index in [0.29, 0.717) is 32.7 Å². The van der Waals surface area contributed by atoms with Crippen molar-refractivity contribution in [3.8, 4) is 11.6 Å². The van der Waals surface area contributed by atoms with E-state index in [2.05, 4.69) is 22.9 Å². The lowest BCUT2D eigenvalue weighted by Gasteiger charge is -2.09. The second-order valence-corrected chi connectivity index (χ2v) is 7.71. The first kappa shape index (κ1) is 20.3. The summed E-state index contributed by atoms with van der Waals surface area (Å²) in [5.41, 5.74) is 1.06. The van der Waals surface area contributed by atoms with Gasteiger partial charge in [0.05, 0.1) is 10.5 Å². The summed E-state index contributed by atoms with van der Waals surface area (Å²) >= 11 is 10.4. The van der Waals surface area contributed by atoms with Crippen LogP contribution in [-0.2, 0) is 17.5 Å². The third kappa shape index (κ3) is 5.32. The number of thiol groups is 1. The van der Waals surface area contributed by atoms with E-state index < -0.39 is 11.0 Å². The second kappa shape index (κ2) is 9.20. The molecule has 0 saturated heterocycles. The number of nitrogens with two attached hydrogens (primary N) is 1. The van der Waals surface area contributed by atoms with Crippen LogP contribution in [0.1, 0.15) is 15.9 Å². The highest BCUT2D eigenvalue weighted by atomic mass is 35.5. The Morgan fingerprint density at radius 3 is 2.68 bits per heavy atom. The Morgan fingerprint density at radius 1 is 1.21 bits per heavy atom. The highest BCUT2D eigenvalue weighted by Crippen LogP contribution is 2.22. The number of hydrogen-bond donors (Lipinski definition) is 3. The van der Waals surface area contributed by atoms with Crippen LogP contribution in [0.15, 0.2) is 70.6 Å². The zero-order valence-electron chi connectivity index (χ0n) is 14.5. The van der Waals surface area contributed by atoms with Crippen LogP contribution in [-0.4, -0.2) is 15.1 Å². The van der Waals surface area contributed by atoms with E-state index in [1.165, 1.54) is 12.3 Å². The average Bonchev–Trinajstić information content (AvgIpc) is 2.67. The molecule has 0 radical (unpaired) electrons. The van der Waals surface area contributed by atoms with Gasteiger partial charge < -0.3 is 10.1 Å². The monoisotopic (exact) mass is 433 g/mol. The van der Waals surface area contributed by atoms with Crippen LogP contribution < -0.4 is 15.2 Å². The van der Waals surface area contributed by atoms with Gasteiger partial charge in [-0.25, -0.2) is 14.3 Å². The molecule has 0 aliphatic carbocycles. The number of nitrogens with zero attached hydrogens (tertiary/aromatic N) is 1. The van der Waals surface area contributed by atoms with E-state index in [1.54, 1.807) is 36.4 Å². The quantitative estimate of drug-likeness (QED) is 0.516. The van der Waals surface area contributed by atoms with Crippen molar-refractivity contribution >= 4 is 41.1 Å². The molecule has 3 N–H and O–H groups in total. The molecule has 9 heteroatoms. The molecule has 0 spiro atoms. The van der Waals surface area contributed by atoms with Gasteiger partial charge >= 0.3 is 0 Å². The molecule has 1 atom stereocenters. The van der Waals surface area contributed by atoms with Gasteiger partial charge in [-0.15, -0.1) is 12.6 Å². The summed E-state index contributed by atoms with van der Waals surface area (Å²) in [6.07, 6.45) is 1.43. The summed E-state index contributed by atoms with van der Waals surface area (Å²) in [5.74, 6) is 0.663. The van der Waals surface area contributed by atoms with E-state index in [1.807, 2.05) is 12.1 Å². The zero-order valence-corrected chi connectivity index (χ0v) is 16.9. The second-order valence-electron chi connectivity index (χ2n) is 5.72. The van der Waals surface area contributed by atoms with Gasteiger partial charge in [-0.2, -0.15) is 0 Å². The van der Waals surface area contributed by atoms with Crippen LogP contribution in [0, 0.1) is 0 Å². The SMILES string of the molecule is NS(=O)c1ccc(CNC(=O)c2ccc(Oc3cccc(S)c3)nc2)c(Cl)c1. The summed E-state index contributed by atoms with van der Waals surface area (Å²) in [6.45, 7) is 0.210. The van der Waals surface area contributed by atoms with Crippen LogP contribution in [0.2, 0.25) is 5.02 Å². The molecule has 1 aromatic heterocycles. The smallest absolute Gasteiger partial charge is 0.253 e. The maximum Gasteiger partial charge on any atom is 0.253 e. The number of nitrogens with one attached hydrogen (secondary N) is 1. The summed E-state index contributed by atoms with van der Waals surface area (Å²) < 4.78 is 16.9.